The Labute approximate surface area is 94.5 Å². The quantitative estimate of drug-likeness (QED) is 0.741. The molecule has 0 saturated carbocycles. The van der Waals surface area contributed by atoms with Crippen LogP contribution in [0.4, 0.5) is 13.2 Å². The standard InChI is InChI=1S/C8H11F3N4O2/c1-15-3-5(2-13-15)6(12)7(16)14-17-4-8(9,10)11/h2-3,6H,4,12H2,1H3,(H,14,16). The number of nitrogens with two attached hydrogens (primary N) is 1. The number of nitrogens with one attached hydrogen (secondary N) is 1. The molecule has 0 aromatic carbocycles. The van der Waals surface area contributed by atoms with Gasteiger partial charge in [0.1, 0.15) is 6.04 Å². The van der Waals surface area contributed by atoms with Crippen LogP contribution in [0.15, 0.2) is 12.4 Å². The molecule has 0 saturated heterocycles. The molecule has 1 heterocycles. The molecule has 1 unspecified atom stereocenters. The van der Waals surface area contributed by atoms with Gasteiger partial charge in [-0.2, -0.15) is 18.3 Å². The largest absolute Gasteiger partial charge is 0.414 e. The average Bonchev–Trinajstić information content (AvgIpc) is 2.61. The number of amides is 1. The molecule has 0 aliphatic rings. The van der Waals surface area contributed by atoms with Crippen LogP contribution in [0.25, 0.3) is 0 Å². The topological polar surface area (TPSA) is 82.2 Å². The first kappa shape index (κ1) is 13.5. The summed E-state index contributed by atoms with van der Waals surface area (Å²) in [5.41, 5.74) is 7.48. The number of hydrogen-bond donors (Lipinski definition) is 2. The van der Waals surface area contributed by atoms with E-state index < -0.39 is 24.7 Å². The highest BCUT2D eigenvalue weighted by Crippen LogP contribution is 2.14. The first-order chi connectivity index (χ1) is 7.79. The van der Waals surface area contributed by atoms with Crippen molar-refractivity contribution in [2.45, 2.75) is 12.2 Å². The summed E-state index contributed by atoms with van der Waals surface area (Å²) >= 11 is 0. The van der Waals surface area contributed by atoms with E-state index in [0.717, 1.165) is 0 Å². The fraction of sp³-hybridized carbons (Fsp3) is 0.500. The number of aromatic nitrogens is 2. The highest BCUT2D eigenvalue weighted by molar-refractivity contribution is 5.81. The zero-order valence-electron chi connectivity index (χ0n) is 8.86. The number of hydrogen-bond acceptors (Lipinski definition) is 4. The zero-order chi connectivity index (χ0) is 13.1. The lowest BCUT2D eigenvalue weighted by Crippen LogP contribution is -2.36. The molecule has 0 aliphatic heterocycles. The summed E-state index contributed by atoms with van der Waals surface area (Å²) in [4.78, 5) is 15.3. The van der Waals surface area contributed by atoms with E-state index >= 15 is 0 Å². The van der Waals surface area contributed by atoms with Gasteiger partial charge in [-0.3, -0.25) is 14.3 Å². The van der Waals surface area contributed by atoms with E-state index in [4.69, 9.17) is 5.73 Å². The van der Waals surface area contributed by atoms with Crippen LogP contribution >= 0.6 is 0 Å². The average molecular weight is 252 g/mol. The minimum atomic E-state index is -4.51. The SMILES string of the molecule is Cn1cc(C(N)C(=O)NOCC(F)(F)F)cn1. The van der Waals surface area contributed by atoms with Gasteiger partial charge in [-0.05, 0) is 0 Å². The van der Waals surface area contributed by atoms with Crippen molar-refractivity contribution in [3.8, 4) is 0 Å². The number of aryl methyl sites for hydroxylation is 1. The van der Waals surface area contributed by atoms with Crippen LogP contribution in [0, 0.1) is 0 Å². The molecule has 0 radical (unpaired) electrons. The predicted molar refractivity (Wildman–Crippen MR) is 50.3 cm³/mol. The van der Waals surface area contributed by atoms with Crippen molar-refractivity contribution in [1.29, 1.82) is 0 Å². The van der Waals surface area contributed by atoms with Gasteiger partial charge in [0, 0.05) is 18.8 Å². The molecule has 6 nitrogen and oxygen atoms in total. The van der Waals surface area contributed by atoms with Crippen molar-refractivity contribution >= 4 is 5.91 Å². The van der Waals surface area contributed by atoms with Crippen LogP contribution in [0.5, 0.6) is 0 Å². The maximum Gasteiger partial charge on any atom is 0.414 e. The second-order valence-electron chi connectivity index (χ2n) is 3.30. The summed E-state index contributed by atoms with van der Waals surface area (Å²) in [6.07, 6.45) is -1.69. The molecule has 1 rings (SSSR count). The monoisotopic (exact) mass is 252 g/mol. The first-order valence-corrected chi connectivity index (χ1v) is 4.52. The Bertz CT molecular complexity index is 390. The molecule has 3 N–H and O–H groups in total. The van der Waals surface area contributed by atoms with Gasteiger partial charge in [0.15, 0.2) is 6.61 Å². The first-order valence-electron chi connectivity index (χ1n) is 4.52. The molecule has 1 amide bonds. The lowest BCUT2D eigenvalue weighted by atomic mass is 10.2. The van der Waals surface area contributed by atoms with Crippen LogP contribution in [-0.4, -0.2) is 28.5 Å². The number of carbonyl (C=O) groups is 1. The summed E-state index contributed by atoms with van der Waals surface area (Å²) in [7, 11) is 1.62. The molecule has 0 aliphatic carbocycles. The summed E-state index contributed by atoms with van der Waals surface area (Å²) in [6, 6.07) is -1.13. The van der Waals surface area contributed by atoms with Crippen LogP contribution in [0.2, 0.25) is 0 Å². The van der Waals surface area contributed by atoms with Crippen molar-refractivity contribution in [1.82, 2.24) is 15.3 Å². The Morgan fingerprint density at radius 3 is 2.82 bits per heavy atom. The molecule has 9 heteroatoms. The van der Waals surface area contributed by atoms with Gasteiger partial charge in [-0.25, -0.2) is 5.48 Å². The van der Waals surface area contributed by atoms with Gasteiger partial charge < -0.3 is 5.73 Å². The maximum atomic E-state index is 11.7. The third-order valence-corrected chi connectivity index (χ3v) is 1.78. The molecule has 0 fully saturated rings. The number of hydroxylamine groups is 1. The molecule has 0 bridgehead atoms. The van der Waals surface area contributed by atoms with Crippen LogP contribution in [-0.2, 0) is 16.7 Å². The van der Waals surface area contributed by atoms with Gasteiger partial charge >= 0.3 is 6.18 Å². The Kier molecular flexibility index (Phi) is 4.07. The van der Waals surface area contributed by atoms with E-state index in [2.05, 4.69) is 9.94 Å². The zero-order valence-corrected chi connectivity index (χ0v) is 8.86. The molecule has 1 aromatic rings. The van der Waals surface area contributed by atoms with Gasteiger partial charge in [0.25, 0.3) is 5.91 Å². The second kappa shape index (κ2) is 5.15. The fourth-order valence-corrected chi connectivity index (χ4v) is 1.00. The number of carbonyl (C=O) groups excluding carboxylic acids is 1. The van der Waals surface area contributed by atoms with Gasteiger partial charge in [0.05, 0.1) is 6.20 Å². The van der Waals surface area contributed by atoms with E-state index in [0.29, 0.717) is 5.56 Å². The highest BCUT2D eigenvalue weighted by Gasteiger charge is 2.28. The van der Waals surface area contributed by atoms with Gasteiger partial charge in [-0.15, -0.1) is 0 Å². The Balaban J connectivity index is 2.43. The van der Waals surface area contributed by atoms with Crippen molar-refractivity contribution in [2.24, 2.45) is 12.8 Å². The van der Waals surface area contributed by atoms with E-state index in [9.17, 15) is 18.0 Å². The Hall–Kier alpha value is -1.61. The fourth-order valence-electron chi connectivity index (χ4n) is 1.00. The highest BCUT2D eigenvalue weighted by atomic mass is 19.4. The molecule has 17 heavy (non-hydrogen) atoms. The third-order valence-electron chi connectivity index (χ3n) is 1.78. The second-order valence-corrected chi connectivity index (χ2v) is 3.30. The summed E-state index contributed by atoms with van der Waals surface area (Å²) in [5.74, 6) is -0.873. The molecular formula is C8H11F3N4O2. The minimum Gasteiger partial charge on any atom is -0.316 e. The molecular weight excluding hydrogens is 241 g/mol. The van der Waals surface area contributed by atoms with Gasteiger partial charge in [0.2, 0.25) is 0 Å². The van der Waals surface area contributed by atoms with Gasteiger partial charge in [-0.1, -0.05) is 0 Å². The molecule has 1 aromatic heterocycles. The lowest BCUT2D eigenvalue weighted by Gasteiger charge is -2.11. The molecule has 96 valence electrons. The molecule has 0 spiro atoms. The third kappa shape index (κ3) is 4.41. The summed E-state index contributed by atoms with van der Waals surface area (Å²) in [6.45, 7) is -1.57. The van der Waals surface area contributed by atoms with Crippen molar-refractivity contribution in [2.75, 3.05) is 6.61 Å². The van der Waals surface area contributed by atoms with Crippen LogP contribution < -0.4 is 11.2 Å². The Morgan fingerprint density at radius 2 is 2.35 bits per heavy atom. The van der Waals surface area contributed by atoms with Crippen molar-refractivity contribution in [3.63, 3.8) is 0 Å². The van der Waals surface area contributed by atoms with Crippen LogP contribution in [0.1, 0.15) is 11.6 Å². The smallest absolute Gasteiger partial charge is 0.316 e. The Morgan fingerprint density at radius 1 is 1.71 bits per heavy atom. The van der Waals surface area contributed by atoms with E-state index in [1.165, 1.54) is 17.1 Å². The normalized spacial score (nSPS) is 13.5. The van der Waals surface area contributed by atoms with Crippen molar-refractivity contribution in [3.05, 3.63) is 18.0 Å². The summed E-state index contributed by atoms with van der Waals surface area (Å²) in [5, 5.41) is 3.78. The number of halogens is 3. The number of alkyl halides is 3. The number of rotatable bonds is 4. The number of nitrogens with zero attached hydrogens (tertiary/aromatic N) is 2. The summed E-state index contributed by atoms with van der Waals surface area (Å²) < 4.78 is 36.6. The van der Waals surface area contributed by atoms with E-state index in [1.54, 1.807) is 12.5 Å². The van der Waals surface area contributed by atoms with E-state index in [1.807, 2.05) is 0 Å². The van der Waals surface area contributed by atoms with E-state index in [-0.39, 0.29) is 0 Å². The molecule has 1 atom stereocenters. The lowest BCUT2D eigenvalue weighted by molar-refractivity contribution is -0.192. The maximum absolute atomic E-state index is 11.7. The predicted octanol–water partition coefficient (Wildman–Crippen LogP) is 0.0300. The van der Waals surface area contributed by atoms with Crippen molar-refractivity contribution < 1.29 is 22.8 Å². The minimum absolute atomic E-state index is 0.376. The van der Waals surface area contributed by atoms with Crippen LogP contribution in [0.3, 0.4) is 0 Å².